The number of nitrogens with zero attached hydrogens (tertiary/aromatic N) is 1. The summed E-state index contributed by atoms with van der Waals surface area (Å²) < 4.78 is 55.0. The third kappa shape index (κ3) is 4.47. The van der Waals surface area contributed by atoms with Crippen LogP contribution in [0.3, 0.4) is 0 Å². The van der Waals surface area contributed by atoms with Gasteiger partial charge in [-0.2, -0.15) is 0 Å². The lowest BCUT2D eigenvalue weighted by Crippen LogP contribution is -2.43. The Morgan fingerprint density at radius 2 is 1.62 bits per heavy atom. The average Bonchev–Trinajstić information content (AvgIpc) is 2.53. The quantitative estimate of drug-likeness (QED) is 0.829. The number of benzene rings is 1. The molecule has 0 saturated heterocycles. The van der Waals surface area contributed by atoms with Crippen molar-refractivity contribution in [3.63, 3.8) is 0 Å². The molecule has 5 atom stereocenters. The highest BCUT2D eigenvalue weighted by Crippen LogP contribution is 2.40. The molecule has 0 spiro atoms. The normalized spacial score (nSPS) is 30.4. The third-order valence-electron chi connectivity index (χ3n) is 4.19. The number of alkyl halides is 4. The van der Waals surface area contributed by atoms with Crippen molar-refractivity contribution in [1.29, 1.82) is 0 Å². The summed E-state index contributed by atoms with van der Waals surface area (Å²) in [6, 6.07) is 5.77. The van der Waals surface area contributed by atoms with Crippen LogP contribution in [-0.2, 0) is 4.79 Å². The Morgan fingerprint density at radius 1 is 1.08 bits per heavy atom. The monoisotopic (exact) mass is 346 g/mol. The Labute approximate surface area is 139 Å². The van der Waals surface area contributed by atoms with E-state index in [0.29, 0.717) is 18.7 Å². The molecule has 1 aromatic rings. The summed E-state index contributed by atoms with van der Waals surface area (Å²) in [6.45, 7) is 0.592. The third-order valence-corrected chi connectivity index (χ3v) is 4.19. The molecule has 1 aliphatic rings. The molecule has 0 bridgehead atoms. The minimum atomic E-state index is -2.08. The van der Waals surface area contributed by atoms with Crippen LogP contribution < -0.4 is 5.32 Å². The Bertz CT molecular complexity index is 538. The van der Waals surface area contributed by atoms with Crippen molar-refractivity contribution in [3.8, 4) is 0 Å². The van der Waals surface area contributed by atoms with Crippen molar-refractivity contribution in [2.45, 2.75) is 43.4 Å². The molecular weight excluding hydrogens is 324 g/mol. The molecule has 0 aliphatic heterocycles. The lowest BCUT2D eigenvalue weighted by Gasteiger charge is -2.34. The summed E-state index contributed by atoms with van der Waals surface area (Å²) >= 11 is 0. The zero-order chi connectivity index (χ0) is 17.9. The molecular formula is C17H22F4N2O. The van der Waals surface area contributed by atoms with Crippen molar-refractivity contribution in [1.82, 2.24) is 4.90 Å². The first kappa shape index (κ1) is 18.7. The van der Waals surface area contributed by atoms with Crippen molar-refractivity contribution in [2.24, 2.45) is 0 Å². The number of hydrogen-bond donors (Lipinski definition) is 1. The van der Waals surface area contributed by atoms with Crippen LogP contribution in [0.1, 0.15) is 24.3 Å². The minimum absolute atomic E-state index is 0.186. The molecule has 24 heavy (non-hydrogen) atoms. The van der Waals surface area contributed by atoms with Crippen LogP contribution in [0.5, 0.6) is 0 Å². The number of amides is 1. The SMILES string of the molecule is CN(C)CCC(=O)Nc1ccc(C2[C@@H](F)[C@@H](F)C[C@@H](F)[C@H]2F)cc1. The van der Waals surface area contributed by atoms with Crippen LogP contribution in [0.25, 0.3) is 0 Å². The van der Waals surface area contributed by atoms with E-state index in [2.05, 4.69) is 5.32 Å². The highest BCUT2D eigenvalue weighted by Gasteiger charge is 2.47. The average molecular weight is 346 g/mol. The fourth-order valence-corrected chi connectivity index (χ4v) is 2.81. The number of carbonyl (C=O) groups excluding carboxylic acids is 1. The maximum absolute atomic E-state index is 14.0. The Morgan fingerprint density at radius 3 is 2.12 bits per heavy atom. The van der Waals surface area contributed by atoms with E-state index in [4.69, 9.17) is 0 Å². The first-order chi connectivity index (χ1) is 11.3. The molecule has 3 nitrogen and oxygen atoms in total. The number of rotatable bonds is 5. The van der Waals surface area contributed by atoms with Gasteiger partial charge in [0.05, 0.1) is 5.92 Å². The molecule has 7 heteroatoms. The van der Waals surface area contributed by atoms with E-state index in [-0.39, 0.29) is 11.5 Å². The van der Waals surface area contributed by atoms with Gasteiger partial charge in [-0.05, 0) is 31.8 Å². The second-order valence-corrected chi connectivity index (χ2v) is 6.41. The van der Waals surface area contributed by atoms with Gasteiger partial charge in [-0.3, -0.25) is 4.79 Å². The number of carbonyl (C=O) groups is 1. The molecule has 1 fully saturated rings. The predicted octanol–water partition coefficient (Wildman–Crippen LogP) is 3.42. The van der Waals surface area contributed by atoms with Crippen LogP contribution in [0.2, 0.25) is 0 Å². The van der Waals surface area contributed by atoms with E-state index in [9.17, 15) is 22.4 Å². The molecule has 0 aromatic heterocycles. The highest BCUT2D eigenvalue weighted by atomic mass is 19.2. The molecule has 2 rings (SSSR count). The van der Waals surface area contributed by atoms with E-state index in [1.54, 1.807) is 0 Å². The first-order valence-electron chi connectivity index (χ1n) is 7.90. The maximum atomic E-state index is 14.0. The standard InChI is InChI=1S/C17H22F4N2O/c1-23(2)8-7-14(24)22-11-5-3-10(4-6-11)15-16(20)12(18)9-13(19)17(15)21/h3-6,12-13,15-17H,7-9H2,1-2H3,(H,22,24)/t12-,13+,15?,16-,17+. The second-order valence-electron chi connectivity index (χ2n) is 6.41. The van der Waals surface area contributed by atoms with Gasteiger partial charge in [-0.1, -0.05) is 12.1 Å². The summed E-state index contributed by atoms with van der Waals surface area (Å²) in [6.07, 6.45) is -8.62. The molecule has 1 aromatic carbocycles. The van der Waals surface area contributed by atoms with Crippen LogP contribution in [0, 0.1) is 0 Å². The van der Waals surface area contributed by atoms with E-state index in [0.717, 1.165) is 0 Å². The molecule has 1 N–H and O–H groups in total. The van der Waals surface area contributed by atoms with Gasteiger partial charge < -0.3 is 10.2 Å². The largest absolute Gasteiger partial charge is 0.326 e. The zero-order valence-corrected chi connectivity index (χ0v) is 13.7. The molecule has 0 radical (unpaired) electrons. The minimum Gasteiger partial charge on any atom is -0.326 e. The maximum Gasteiger partial charge on any atom is 0.225 e. The smallest absolute Gasteiger partial charge is 0.225 e. The first-order valence-corrected chi connectivity index (χ1v) is 7.90. The molecule has 134 valence electrons. The Balaban J connectivity index is 2.04. The second kappa shape index (κ2) is 7.96. The van der Waals surface area contributed by atoms with E-state index >= 15 is 0 Å². The van der Waals surface area contributed by atoms with Crippen LogP contribution >= 0.6 is 0 Å². The summed E-state index contributed by atoms with van der Waals surface area (Å²) in [7, 11) is 3.70. The van der Waals surface area contributed by atoms with E-state index < -0.39 is 37.0 Å². The van der Waals surface area contributed by atoms with Gasteiger partial charge in [-0.25, -0.2) is 17.6 Å². The summed E-state index contributed by atoms with van der Waals surface area (Å²) in [5.41, 5.74) is 0.656. The molecule has 1 amide bonds. The van der Waals surface area contributed by atoms with Crippen molar-refractivity contribution < 1.29 is 22.4 Å². The topological polar surface area (TPSA) is 32.3 Å². The van der Waals surface area contributed by atoms with Gasteiger partial charge in [-0.15, -0.1) is 0 Å². The molecule has 1 saturated carbocycles. The van der Waals surface area contributed by atoms with Gasteiger partial charge in [0, 0.05) is 25.1 Å². The molecule has 1 unspecified atom stereocenters. The summed E-state index contributed by atoms with van der Waals surface area (Å²) in [5.74, 6) is -1.66. The van der Waals surface area contributed by atoms with Crippen LogP contribution in [0.15, 0.2) is 24.3 Å². The number of nitrogens with one attached hydrogen (secondary N) is 1. The predicted molar refractivity (Wildman–Crippen MR) is 85.2 cm³/mol. The zero-order valence-electron chi connectivity index (χ0n) is 13.7. The van der Waals surface area contributed by atoms with Gasteiger partial charge in [0.25, 0.3) is 0 Å². The lowest BCUT2D eigenvalue weighted by atomic mass is 9.79. The van der Waals surface area contributed by atoms with Crippen molar-refractivity contribution in [3.05, 3.63) is 29.8 Å². The molecule has 1 aliphatic carbocycles. The highest BCUT2D eigenvalue weighted by molar-refractivity contribution is 5.90. The Hall–Kier alpha value is -1.63. The van der Waals surface area contributed by atoms with Crippen molar-refractivity contribution >= 4 is 11.6 Å². The number of halogens is 4. The van der Waals surface area contributed by atoms with Gasteiger partial charge >= 0.3 is 0 Å². The van der Waals surface area contributed by atoms with E-state index in [1.807, 2.05) is 19.0 Å². The van der Waals surface area contributed by atoms with E-state index in [1.165, 1.54) is 24.3 Å². The lowest BCUT2D eigenvalue weighted by molar-refractivity contribution is -0.116. The Kier molecular flexibility index (Phi) is 6.21. The van der Waals surface area contributed by atoms with Crippen LogP contribution in [0.4, 0.5) is 23.2 Å². The van der Waals surface area contributed by atoms with Crippen molar-refractivity contribution in [2.75, 3.05) is 26.0 Å². The fraction of sp³-hybridized carbons (Fsp3) is 0.588. The van der Waals surface area contributed by atoms with Gasteiger partial charge in [0.2, 0.25) is 5.91 Å². The van der Waals surface area contributed by atoms with Gasteiger partial charge in [0.1, 0.15) is 24.7 Å². The van der Waals surface area contributed by atoms with Crippen LogP contribution in [-0.4, -0.2) is 56.1 Å². The summed E-state index contributed by atoms with van der Waals surface area (Å²) in [5, 5.41) is 2.67. The van der Waals surface area contributed by atoms with Gasteiger partial charge in [0.15, 0.2) is 0 Å². The molecule has 0 heterocycles. The fourth-order valence-electron chi connectivity index (χ4n) is 2.81. The summed E-state index contributed by atoms with van der Waals surface area (Å²) in [4.78, 5) is 13.6. The number of anilines is 1. The number of hydrogen-bond acceptors (Lipinski definition) is 2.